The number of ether oxygens (including phenoxy) is 1. The van der Waals surface area contributed by atoms with Crippen molar-refractivity contribution in [2.24, 2.45) is 16.0 Å². The summed E-state index contributed by atoms with van der Waals surface area (Å²) >= 11 is 11.0. The fourth-order valence-corrected chi connectivity index (χ4v) is 2.67. The lowest BCUT2D eigenvalue weighted by molar-refractivity contribution is -0.615. The Balaban J connectivity index is 1.96. The first kappa shape index (κ1) is 14.8. The first-order valence-corrected chi connectivity index (χ1v) is 7.59. The van der Waals surface area contributed by atoms with Crippen LogP contribution >= 0.6 is 11.6 Å². The van der Waals surface area contributed by atoms with Crippen LogP contribution in [-0.4, -0.2) is 23.0 Å². The van der Waals surface area contributed by atoms with E-state index >= 15 is 0 Å². The Kier molecular flexibility index (Phi) is 5.60. The molecule has 2 aliphatic rings. The normalized spacial score (nSPS) is 32.4. The summed E-state index contributed by atoms with van der Waals surface area (Å²) < 4.78 is 5.48. The lowest BCUT2D eigenvalue weighted by atomic mass is 9.96. The van der Waals surface area contributed by atoms with Crippen LogP contribution in [0.1, 0.15) is 39.0 Å². The molecular formula is C13H20ClN3OS. The molecule has 2 aliphatic heterocycles. The molecule has 106 valence electrons. The molecule has 0 aromatic carbocycles. The molecule has 0 fully saturated rings. The third-order valence-corrected chi connectivity index (χ3v) is 3.88. The number of nitrogens with two attached hydrogens (primary N) is 1. The molecule has 0 bridgehead atoms. The van der Waals surface area contributed by atoms with Crippen LogP contribution in [0.2, 0.25) is 0 Å². The molecule has 0 saturated carbocycles. The van der Waals surface area contributed by atoms with Crippen LogP contribution in [0.4, 0.5) is 0 Å². The molecule has 4 nitrogen and oxygen atoms in total. The molecule has 0 aromatic heterocycles. The molecule has 0 radical (unpaired) electrons. The SMILES string of the molecule is CC1CCC=C(CC2C=NC(Cl)CC2)[NH2+]N=C([S-])O1. The zero-order chi connectivity index (χ0) is 13.7. The predicted molar refractivity (Wildman–Crippen MR) is 80.1 cm³/mol. The van der Waals surface area contributed by atoms with Crippen LogP contribution in [0.25, 0.3) is 0 Å². The zero-order valence-corrected chi connectivity index (χ0v) is 12.7. The maximum absolute atomic E-state index is 5.96. The highest BCUT2D eigenvalue weighted by Gasteiger charge is 2.18. The number of hydrogen-bond acceptors (Lipinski definition) is 4. The second-order valence-corrected chi connectivity index (χ2v) is 5.94. The van der Waals surface area contributed by atoms with Gasteiger partial charge in [0, 0.05) is 18.6 Å². The summed E-state index contributed by atoms with van der Waals surface area (Å²) in [6.45, 7) is 2.02. The van der Waals surface area contributed by atoms with Gasteiger partial charge in [0.15, 0.2) is 0 Å². The average Bonchev–Trinajstić information content (AvgIpc) is 2.44. The van der Waals surface area contributed by atoms with Crippen molar-refractivity contribution in [3.05, 3.63) is 11.8 Å². The van der Waals surface area contributed by atoms with Gasteiger partial charge in [-0.1, -0.05) is 16.7 Å². The van der Waals surface area contributed by atoms with Crippen LogP contribution in [0.5, 0.6) is 0 Å². The molecule has 2 N–H and O–H groups in total. The topological polar surface area (TPSA) is 50.6 Å². The Labute approximate surface area is 124 Å². The Hall–Kier alpha value is -0.650. The van der Waals surface area contributed by atoms with E-state index in [9.17, 15) is 0 Å². The van der Waals surface area contributed by atoms with E-state index in [1.807, 2.05) is 18.6 Å². The van der Waals surface area contributed by atoms with Crippen molar-refractivity contribution >= 4 is 35.7 Å². The van der Waals surface area contributed by atoms with Gasteiger partial charge in [0.25, 0.3) is 0 Å². The van der Waals surface area contributed by atoms with Crippen LogP contribution < -0.4 is 5.43 Å². The second-order valence-electron chi connectivity index (χ2n) is 5.08. The lowest BCUT2D eigenvalue weighted by Gasteiger charge is -2.18. The Morgan fingerprint density at radius 1 is 1.47 bits per heavy atom. The maximum Gasteiger partial charge on any atom is 0.128 e. The van der Waals surface area contributed by atoms with Crippen molar-refractivity contribution in [1.29, 1.82) is 0 Å². The summed E-state index contributed by atoms with van der Waals surface area (Å²) in [6.07, 6.45) is 9.30. The number of halogens is 1. The van der Waals surface area contributed by atoms with E-state index in [1.54, 1.807) is 0 Å². The van der Waals surface area contributed by atoms with Crippen LogP contribution in [0.15, 0.2) is 21.9 Å². The standard InChI is InChI=1S/C13H20ClN3OS/c1-9-3-2-4-11(16-17-13(19)18-9)7-10-5-6-12(14)15-8-10/h4,8-10,12,16H,2-3,5-7H2,1H3,(H,17,19). The minimum atomic E-state index is -0.0405. The van der Waals surface area contributed by atoms with E-state index in [0.717, 1.165) is 32.1 Å². The first-order chi connectivity index (χ1) is 9.13. The van der Waals surface area contributed by atoms with Crippen LogP contribution in [-0.2, 0) is 17.4 Å². The molecule has 6 heteroatoms. The fraction of sp³-hybridized carbons (Fsp3) is 0.692. The van der Waals surface area contributed by atoms with Crippen molar-refractivity contribution in [2.75, 3.05) is 0 Å². The van der Waals surface area contributed by atoms with Gasteiger partial charge in [-0.3, -0.25) is 4.99 Å². The van der Waals surface area contributed by atoms with E-state index in [4.69, 9.17) is 29.0 Å². The molecule has 2 heterocycles. The van der Waals surface area contributed by atoms with Crippen molar-refractivity contribution in [3.8, 4) is 0 Å². The lowest BCUT2D eigenvalue weighted by Crippen LogP contribution is -2.76. The highest BCUT2D eigenvalue weighted by molar-refractivity contribution is 7.76. The van der Waals surface area contributed by atoms with Crippen LogP contribution in [0.3, 0.4) is 0 Å². The minimum absolute atomic E-state index is 0.0405. The molecule has 0 aromatic rings. The Morgan fingerprint density at radius 2 is 2.32 bits per heavy atom. The zero-order valence-electron chi connectivity index (χ0n) is 11.1. The smallest absolute Gasteiger partial charge is 0.128 e. The van der Waals surface area contributed by atoms with Gasteiger partial charge in [-0.2, -0.15) is 5.43 Å². The third-order valence-electron chi connectivity index (χ3n) is 3.35. The molecule has 3 unspecified atom stereocenters. The van der Waals surface area contributed by atoms with Crippen molar-refractivity contribution < 1.29 is 10.2 Å². The van der Waals surface area contributed by atoms with E-state index < -0.39 is 0 Å². The summed E-state index contributed by atoms with van der Waals surface area (Å²) in [7, 11) is 0. The highest BCUT2D eigenvalue weighted by Crippen LogP contribution is 2.22. The summed E-state index contributed by atoms with van der Waals surface area (Å²) in [5, 5.41) is 4.53. The number of nitrogens with zero attached hydrogens (tertiary/aromatic N) is 2. The number of alkyl halides is 1. The number of rotatable bonds is 2. The molecule has 19 heavy (non-hydrogen) atoms. The summed E-state index contributed by atoms with van der Waals surface area (Å²) in [4.78, 5) is 4.28. The van der Waals surface area contributed by atoms with Gasteiger partial charge >= 0.3 is 0 Å². The second kappa shape index (κ2) is 7.22. The largest absolute Gasteiger partial charge is 0.717 e. The van der Waals surface area contributed by atoms with Gasteiger partial charge in [0.05, 0.1) is 6.10 Å². The van der Waals surface area contributed by atoms with Gasteiger partial charge in [0.1, 0.15) is 16.4 Å². The van der Waals surface area contributed by atoms with E-state index in [0.29, 0.717) is 11.1 Å². The van der Waals surface area contributed by atoms with Gasteiger partial charge in [-0.25, -0.2) is 0 Å². The average molecular weight is 302 g/mol. The van der Waals surface area contributed by atoms with E-state index in [2.05, 4.69) is 16.2 Å². The van der Waals surface area contributed by atoms with Gasteiger partial charge in [-0.05, 0) is 38.7 Å². The predicted octanol–water partition coefficient (Wildman–Crippen LogP) is 1.89. The molecule has 0 amide bonds. The molecule has 3 atom stereocenters. The number of allylic oxidation sites excluding steroid dienone is 2. The number of aliphatic imine (C=N–C) groups is 1. The number of quaternary nitrogens is 1. The summed E-state index contributed by atoms with van der Waals surface area (Å²) in [6, 6.07) is 0. The third kappa shape index (κ3) is 5.09. The van der Waals surface area contributed by atoms with Crippen molar-refractivity contribution in [1.82, 2.24) is 0 Å². The fourth-order valence-electron chi connectivity index (χ4n) is 2.26. The summed E-state index contributed by atoms with van der Waals surface area (Å²) in [5.41, 5.74) is 3.01. The van der Waals surface area contributed by atoms with Gasteiger partial charge < -0.3 is 17.4 Å². The molecular weight excluding hydrogens is 282 g/mol. The quantitative estimate of drug-likeness (QED) is 0.366. The monoisotopic (exact) mass is 301 g/mol. The highest BCUT2D eigenvalue weighted by atomic mass is 35.5. The van der Waals surface area contributed by atoms with Gasteiger partial charge in [-0.15, -0.1) is 0 Å². The first-order valence-electron chi connectivity index (χ1n) is 6.74. The molecule has 0 aliphatic carbocycles. The maximum atomic E-state index is 5.96. The van der Waals surface area contributed by atoms with Gasteiger partial charge in [0.2, 0.25) is 0 Å². The summed E-state index contributed by atoms with van der Waals surface area (Å²) in [5.74, 6) is 0.459. The van der Waals surface area contributed by atoms with Crippen molar-refractivity contribution in [3.63, 3.8) is 0 Å². The molecule has 0 spiro atoms. The van der Waals surface area contributed by atoms with Crippen LogP contribution in [0, 0.1) is 5.92 Å². The Morgan fingerprint density at radius 3 is 3.05 bits per heavy atom. The van der Waals surface area contributed by atoms with E-state index in [1.165, 1.54) is 5.70 Å². The minimum Gasteiger partial charge on any atom is -0.717 e. The molecule has 0 saturated heterocycles. The van der Waals surface area contributed by atoms with Crippen molar-refractivity contribution in [2.45, 2.75) is 50.6 Å². The Bertz CT molecular complexity index is 397. The van der Waals surface area contributed by atoms with E-state index in [-0.39, 0.29) is 11.6 Å². The number of hydrogen-bond donors (Lipinski definition) is 1. The molecule has 2 rings (SSSR count).